The Morgan fingerprint density at radius 2 is 1.90 bits per heavy atom. The Morgan fingerprint density at radius 1 is 1.13 bits per heavy atom. The molecular formula is C28H25F3N4O4. The Labute approximate surface area is 222 Å². The van der Waals surface area contributed by atoms with Gasteiger partial charge in [0.25, 0.3) is 0 Å². The van der Waals surface area contributed by atoms with E-state index in [9.17, 15) is 32.8 Å². The van der Waals surface area contributed by atoms with Crippen LogP contribution in [0.25, 0.3) is 0 Å². The summed E-state index contributed by atoms with van der Waals surface area (Å²) in [7, 11) is 0. The summed E-state index contributed by atoms with van der Waals surface area (Å²) < 4.78 is 45.8. The van der Waals surface area contributed by atoms with Crippen molar-refractivity contribution in [3.8, 4) is 6.07 Å². The lowest BCUT2D eigenvalue weighted by Gasteiger charge is -2.42. The minimum Gasteiger partial charge on any atom is -0.381 e. The molecule has 2 aromatic rings. The summed E-state index contributed by atoms with van der Waals surface area (Å²) in [6.07, 6.45) is -3.58. The SMILES string of the molecule is N#Cc1ccc(C2C3=C(CCC3=O)N(c3cccc(C(F)(F)F)c3)C(=O)N2CC(=O)NCC2CCOC2)cc1. The number of ketones is 1. The van der Waals surface area contributed by atoms with Crippen molar-refractivity contribution in [3.63, 3.8) is 0 Å². The molecule has 0 bridgehead atoms. The molecule has 8 nitrogen and oxygen atoms in total. The first-order chi connectivity index (χ1) is 18.7. The normalized spacial score (nSPS) is 21.3. The zero-order chi connectivity index (χ0) is 27.7. The van der Waals surface area contributed by atoms with E-state index >= 15 is 0 Å². The number of carbonyl (C=O) groups excluding carboxylic acids is 3. The molecule has 0 aromatic heterocycles. The lowest BCUT2D eigenvalue weighted by molar-refractivity contribution is -0.137. The second-order valence-electron chi connectivity index (χ2n) is 9.75. The number of alkyl halides is 3. The number of rotatable bonds is 6. The van der Waals surface area contributed by atoms with Gasteiger partial charge < -0.3 is 15.0 Å². The predicted molar refractivity (Wildman–Crippen MR) is 133 cm³/mol. The van der Waals surface area contributed by atoms with E-state index in [2.05, 4.69) is 5.32 Å². The molecule has 5 rings (SSSR count). The van der Waals surface area contributed by atoms with Gasteiger partial charge in [0, 0.05) is 36.8 Å². The number of hydrogen-bond acceptors (Lipinski definition) is 5. The molecule has 0 spiro atoms. The van der Waals surface area contributed by atoms with Crippen LogP contribution >= 0.6 is 0 Å². The molecule has 2 heterocycles. The maximum atomic E-state index is 14.0. The first-order valence-electron chi connectivity index (χ1n) is 12.6. The van der Waals surface area contributed by atoms with Crippen LogP contribution in [0.1, 0.15) is 42.0 Å². The summed E-state index contributed by atoms with van der Waals surface area (Å²) in [5.74, 6) is -0.572. The summed E-state index contributed by atoms with van der Waals surface area (Å²) in [4.78, 5) is 42.6. The van der Waals surface area contributed by atoms with Crippen molar-refractivity contribution in [1.29, 1.82) is 5.26 Å². The Morgan fingerprint density at radius 3 is 2.56 bits per heavy atom. The van der Waals surface area contributed by atoms with Crippen LogP contribution < -0.4 is 10.2 Å². The van der Waals surface area contributed by atoms with Crippen molar-refractivity contribution in [1.82, 2.24) is 10.2 Å². The molecule has 11 heteroatoms. The Balaban J connectivity index is 1.56. The minimum atomic E-state index is -4.63. The van der Waals surface area contributed by atoms with Crippen molar-refractivity contribution in [3.05, 3.63) is 76.5 Å². The molecule has 1 fully saturated rings. The van der Waals surface area contributed by atoms with Gasteiger partial charge in [-0.3, -0.25) is 14.5 Å². The fourth-order valence-electron chi connectivity index (χ4n) is 5.26. The molecule has 3 amide bonds. The third-order valence-corrected chi connectivity index (χ3v) is 7.21. The lowest BCUT2D eigenvalue weighted by atomic mass is 9.92. The zero-order valence-corrected chi connectivity index (χ0v) is 20.8. The summed E-state index contributed by atoms with van der Waals surface area (Å²) in [5, 5.41) is 12.0. The number of allylic oxidation sites excluding steroid dienone is 1. The van der Waals surface area contributed by atoms with E-state index in [1.54, 1.807) is 24.3 Å². The Kier molecular flexibility index (Phi) is 7.14. The van der Waals surface area contributed by atoms with Crippen LogP contribution in [0.5, 0.6) is 0 Å². The number of nitriles is 1. The fourth-order valence-corrected chi connectivity index (χ4v) is 5.26. The molecule has 1 N–H and O–H groups in total. The molecule has 39 heavy (non-hydrogen) atoms. The first-order valence-corrected chi connectivity index (χ1v) is 12.6. The van der Waals surface area contributed by atoms with Crippen molar-refractivity contribution >= 4 is 23.4 Å². The van der Waals surface area contributed by atoms with Gasteiger partial charge in [-0.05, 0) is 48.7 Å². The number of anilines is 1. The van der Waals surface area contributed by atoms with Gasteiger partial charge in [-0.25, -0.2) is 4.79 Å². The third kappa shape index (κ3) is 5.25. The largest absolute Gasteiger partial charge is 0.416 e. The van der Waals surface area contributed by atoms with Gasteiger partial charge >= 0.3 is 12.2 Å². The van der Waals surface area contributed by atoms with Crippen LogP contribution in [0.15, 0.2) is 59.8 Å². The molecular weight excluding hydrogens is 513 g/mol. The summed E-state index contributed by atoms with van der Waals surface area (Å²) in [6, 6.07) is 11.1. The van der Waals surface area contributed by atoms with Gasteiger partial charge in [0.1, 0.15) is 6.54 Å². The van der Waals surface area contributed by atoms with Crippen molar-refractivity contribution < 1.29 is 32.3 Å². The van der Waals surface area contributed by atoms with Crippen LogP contribution in [0.4, 0.5) is 23.7 Å². The van der Waals surface area contributed by atoms with Crippen LogP contribution in [-0.4, -0.2) is 48.9 Å². The van der Waals surface area contributed by atoms with Crippen LogP contribution in [0.2, 0.25) is 0 Å². The van der Waals surface area contributed by atoms with Gasteiger partial charge in [-0.15, -0.1) is 0 Å². The third-order valence-electron chi connectivity index (χ3n) is 7.21. The lowest BCUT2D eigenvalue weighted by Crippen LogP contribution is -2.53. The molecule has 1 saturated heterocycles. The number of nitrogens with one attached hydrogen (secondary N) is 1. The second-order valence-corrected chi connectivity index (χ2v) is 9.75. The fraction of sp³-hybridized carbons (Fsp3) is 0.357. The van der Waals surface area contributed by atoms with Gasteiger partial charge in [0.15, 0.2) is 5.78 Å². The molecule has 202 valence electrons. The van der Waals surface area contributed by atoms with Crippen molar-refractivity contribution in [2.45, 2.75) is 31.5 Å². The summed E-state index contributed by atoms with van der Waals surface area (Å²) in [5.41, 5.74) is 0.500. The smallest absolute Gasteiger partial charge is 0.381 e. The highest BCUT2D eigenvalue weighted by Crippen LogP contribution is 2.45. The maximum Gasteiger partial charge on any atom is 0.416 e. The highest BCUT2D eigenvalue weighted by atomic mass is 19.4. The average Bonchev–Trinajstić information content (AvgIpc) is 3.58. The number of hydrogen-bond donors (Lipinski definition) is 1. The highest BCUT2D eigenvalue weighted by molar-refractivity contribution is 6.08. The molecule has 3 aliphatic rings. The molecule has 0 saturated carbocycles. The summed E-state index contributed by atoms with van der Waals surface area (Å²) >= 11 is 0. The standard InChI is InChI=1S/C28H25F3N4O4/c29-28(30,31)20-2-1-3-21(12-20)35-22-8-9-23(36)25(22)26(19-6-4-17(13-32)5-7-19)34(27(35)38)15-24(37)33-14-18-10-11-39-16-18/h1-7,12,18,26H,8-11,14-16H2,(H,33,37). The maximum absolute atomic E-state index is 14.0. The van der Waals surface area contributed by atoms with E-state index < -0.39 is 36.3 Å². The molecule has 2 aliphatic heterocycles. The molecule has 2 unspecified atom stereocenters. The van der Waals surface area contributed by atoms with Gasteiger partial charge in [0.2, 0.25) is 5.91 Å². The number of Topliss-reactive ketones (excluding diaryl/α,β-unsaturated/α-hetero) is 1. The molecule has 0 radical (unpaired) electrons. The van der Waals surface area contributed by atoms with E-state index in [-0.39, 0.29) is 35.8 Å². The number of nitrogens with zero attached hydrogens (tertiary/aromatic N) is 3. The van der Waals surface area contributed by atoms with E-state index in [0.29, 0.717) is 36.6 Å². The van der Waals surface area contributed by atoms with E-state index in [1.807, 2.05) is 6.07 Å². The average molecular weight is 539 g/mol. The number of benzene rings is 2. The van der Waals surface area contributed by atoms with Crippen LogP contribution in [0, 0.1) is 17.2 Å². The van der Waals surface area contributed by atoms with Crippen molar-refractivity contribution in [2.24, 2.45) is 5.92 Å². The quantitative estimate of drug-likeness (QED) is 0.590. The molecule has 1 aliphatic carbocycles. The van der Waals surface area contributed by atoms with Gasteiger partial charge in [0.05, 0.1) is 35.5 Å². The summed E-state index contributed by atoms with van der Waals surface area (Å²) in [6.45, 7) is 1.06. The Bertz CT molecular complexity index is 1370. The van der Waals surface area contributed by atoms with Gasteiger partial charge in [-0.2, -0.15) is 18.4 Å². The van der Waals surface area contributed by atoms with Crippen molar-refractivity contribution in [2.75, 3.05) is 31.2 Å². The number of carbonyl (C=O) groups is 3. The zero-order valence-electron chi connectivity index (χ0n) is 20.8. The number of amides is 3. The monoisotopic (exact) mass is 538 g/mol. The van der Waals surface area contributed by atoms with E-state index in [4.69, 9.17) is 4.74 Å². The van der Waals surface area contributed by atoms with E-state index in [1.165, 1.54) is 17.0 Å². The molecule has 2 aromatic carbocycles. The predicted octanol–water partition coefficient (Wildman–Crippen LogP) is 4.33. The number of ether oxygens (including phenoxy) is 1. The topological polar surface area (TPSA) is 103 Å². The number of halogens is 3. The molecule has 2 atom stereocenters. The van der Waals surface area contributed by atoms with Crippen LogP contribution in [0.3, 0.4) is 0 Å². The Hall–Kier alpha value is -4.17. The first kappa shape index (κ1) is 26.4. The highest BCUT2D eigenvalue weighted by Gasteiger charge is 2.46. The minimum absolute atomic E-state index is 0.0381. The van der Waals surface area contributed by atoms with Gasteiger partial charge in [-0.1, -0.05) is 18.2 Å². The van der Waals surface area contributed by atoms with E-state index in [0.717, 1.165) is 23.5 Å². The van der Waals surface area contributed by atoms with Crippen LogP contribution in [-0.2, 0) is 20.5 Å². The number of urea groups is 1. The second kappa shape index (κ2) is 10.5.